The Labute approximate surface area is 174 Å². The highest BCUT2D eigenvalue weighted by Gasteiger charge is 2.46. The number of aliphatic hydroxyl groups is 1. The summed E-state index contributed by atoms with van der Waals surface area (Å²) in [6.07, 6.45) is -1.37. The van der Waals surface area contributed by atoms with Crippen LogP contribution in [0, 0.1) is 5.82 Å². The van der Waals surface area contributed by atoms with Crippen molar-refractivity contribution < 1.29 is 24.1 Å². The molecule has 1 saturated heterocycles. The predicted molar refractivity (Wildman–Crippen MR) is 111 cm³/mol. The van der Waals surface area contributed by atoms with E-state index in [4.69, 9.17) is 4.74 Å². The summed E-state index contributed by atoms with van der Waals surface area (Å²) >= 11 is 0. The van der Waals surface area contributed by atoms with E-state index in [9.17, 15) is 19.4 Å². The summed E-state index contributed by atoms with van der Waals surface area (Å²) in [5.74, 6) is -0.372. The highest BCUT2D eigenvalue weighted by molar-refractivity contribution is 5.91. The number of phenols is 1. The van der Waals surface area contributed by atoms with Crippen molar-refractivity contribution in [3.63, 3.8) is 0 Å². The number of aryl methyl sites for hydroxylation is 1. The van der Waals surface area contributed by atoms with Crippen LogP contribution in [0.2, 0.25) is 0 Å². The summed E-state index contributed by atoms with van der Waals surface area (Å²) in [6.45, 7) is 0. The summed E-state index contributed by atoms with van der Waals surface area (Å²) in [5, 5.41) is 20.9. The molecular formula is C24H22FNO4. The SMILES string of the molecule is O=C1OC([C@H](O)CCc2ccccc2)[C@@H](c2cccc(O)c2)N1c1ccc(F)cc1. The Morgan fingerprint density at radius 3 is 2.43 bits per heavy atom. The Hall–Kier alpha value is -3.38. The molecule has 1 fully saturated rings. The van der Waals surface area contributed by atoms with Crippen molar-refractivity contribution in [1.29, 1.82) is 0 Å². The van der Waals surface area contributed by atoms with Gasteiger partial charge in [0.15, 0.2) is 6.10 Å². The van der Waals surface area contributed by atoms with E-state index in [1.807, 2.05) is 30.3 Å². The molecule has 0 spiro atoms. The van der Waals surface area contributed by atoms with Gasteiger partial charge in [0.2, 0.25) is 0 Å². The van der Waals surface area contributed by atoms with Crippen LogP contribution in [0.3, 0.4) is 0 Å². The minimum Gasteiger partial charge on any atom is -0.508 e. The topological polar surface area (TPSA) is 70.0 Å². The molecule has 1 aliphatic heterocycles. The van der Waals surface area contributed by atoms with Crippen molar-refractivity contribution in [2.45, 2.75) is 31.1 Å². The molecule has 1 aliphatic rings. The van der Waals surface area contributed by atoms with E-state index in [2.05, 4.69) is 0 Å². The summed E-state index contributed by atoms with van der Waals surface area (Å²) in [7, 11) is 0. The van der Waals surface area contributed by atoms with Gasteiger partial charge in [-0.3, -0.25) is 4.90 Å². The molecule has 2 N–H and O–H groups in total. The van der Waals surface area contributed by atoms with E-state index in [1.54, 1.807) is 18.2 Å². The number of rotatable bonds is 6. The van der Waals surface area contributed by atoms with Gasteiger partial charge >= 0.3 is 6.09 Å². The Bertz CT molecular complexity index is 1010. The number of aliphatic hydroxyl groups excluding tert-OH is 1. The molecule has 154 valence electrons. The molecule has 0 aromatic heterocycles. The lowest BCUT2D eigenvalue weighted by Gasteiger charge is -2.27. The number of carbonyl (C=O) groups excluding carboxylic acids is 1. The van der Waals surface area contributed by atoms with Crippen LogP contribution >= 0.6 is 0 Å². The van der Waals surface area contributed by atoms with Crippen LogP contribution in [0.15, 0.2) is 78.9 Å². The Kier molecular flexibility index (Phi) is 5.68. The second-order valence-electron chi connectivity index (χ2n) is 7.33. The van der Waals surface area contributed by atoms with Gasteiger partial charge in [-0.05, 0) is 60.4 Å². The fourth-order valence-corrected chi connectivity index (χ4v) is 3.83. The number of ether oxygens (including phenoxy) is 1. The highest BCUT2D eigenvalue weighted by atomic mass is 19.1. The maximum atomic E-state index is 13.4. The fourth-order valence-electron chi connectivity index (χ4n) is 3.83. The lowest BCUT2D eigenvalue weighted by Crippen LogP contribution is -2.35. The fraction of sp³-hybridized carbons (Fsp3) is 0.208. The summed E-state index contributed by atoms with van der Waals surface area (Å²) in [5.41, 5.74) is 2.15. The van der Waals surface area contributed by atoms with Crippen LogP contribution in [0.5, 0.6) is 5.75 Å². The molecule has 3 aromatic rings. The molecule has 0 bridgehead atoms. The number of anilines is 1. The zero-order chi connectivity index (χ0) is 21.1. The Morgan fingerprint density at radius 1 is 1.00 bits per heavy atom. The quantitative estimate of drug-likeness (QED) is 0.627. The van der Waals surface area contributed by atoms with Gasteiger partial charge in [0.1, 0.15) is 17.6 Å². The predicted octanol–water partition coefficient (Wildman–Crippen LogP) is 4.59. The largest absolute Gasteiger partial charge is 0.508 e. The number of cyclic esters (lactones) is 1. The minimum absolute atomic E-state index is 0.0448. The molecule has 1 unspecified atom stereocenters. The zero-order valence-electron chi connectivity index (χ0n) is 16.2. The molecule has 0 saturated carbocycles. The van der Waals surface area contributed by atoms with Crippen molar-refractivity contribution in [3.8, 4) is 5.75 Å². The molecule has 0 radical (unpaired) electrons. The normalized spacial score (nSPS) is 19.5. The van der Waals surface area contributed by atoms with Gasteiger partial charge in [-0.2, -0.15) is 0 Å². The van der Waals surface area contributed by atoms with E-state index >= 15 is 0 Å². The molecular weight excluding hydrogens is 385 g/mol. The third kappa shape index (κ3) is 4.14. The van der Waals surface area contributed by atoms with Gasteiger partial charge in [0.05, 0.1) is 6.10 Å². The van der Waals surface area contributed by atoms with Crippen molar-refractivity contribution in [1.82, 2.24) is 0 Å². The number of hydrogen-bond acceptors (Lipinski definition) is 4. The molecule has 0 aliphatic carbocycles. The van der Waals surface area contributed by atoms with Crippen LogP contribution in [0.4, 0.5) is 14.9 Å². The second-order valence-corrected chi connectivity index (χ2v) is 7.33. The van der Waals surface area contributed by atoms with Gasteiger partial charge in [-0.15, -0.1) is 0 Å². The van der Waals surface area contributed by atoms with Crippen molar-refractivity contribution in [3.05, 3.63) is 95.8 Å². The number of carbonyl (C=O) groups is 1. The summed E-state index contributed by atoms with van der Waals surface area (Å²) < 4.78 is 19.0. The van der Waals surface area contributed by atoms with E-state index in [0.29, 0.717) is 24.1 Å². The second kappa shape index (κ2) is 8.55. The highest BCUT2D eigenvalue weighted by Crippen LogP contribution is 2.40. The molecule has 6 heteroatoms. The number of benzene rings is 3. The first-order valence-electron chi connectivity index (χ1n) is 9.79. The number of hydrogen-bond donors (Lipinski definition) is 2. The van der Waals surface area contributed by atoms with Crippen molar-refractivity contribution >= 4 is 11.8 Å². The first-order chi connectivity index (χ1) is 14.5. The van der Waals surface area contributed by atoms with Crippen molar-refractivity contribution in [2.24, 2.45) is 0 Å². The molecule has 3 atom stereocenters. The summed E-state index contributed by atoms with van der Waals surface area (Å²) in [6, 6.07) is 21.1. The van der Waals surface area contributed by atoms with Gasteiger partial charge < -0.3 is 14.9 Å². The smallest absolute Gasteiger partial charge is 0.415 e. The van der Waals surface area contributed by atoms with Crippen LogP contribution in [0.1, 0.15) is 23.6 Å². The first kappa shape index (κ1) is 19.9. The van der Waals surface area contributed by atoms with E-state index in [-0.39, 0.29) is 5.75 Å². The van der Waals surface area contributed by atoms with Gasteiger partial charge in [-0.1, -0.05) is 42.5 Å². The average molecular weight is 407 g/mol. The van der Waals surface area contributed by atoms with E-state index in [0.717, 1.165) is 5.56 Å². The van der Waals surface area contributed by atoms with Crippen LogP contribution in [-0.2, 0) is 11.2 Å². The number of nitrogens with zero attached hydrogens (tertiary/aromatic N) is 1. The molecule has 4 rings (SSSR count). The van der Waals surface area contributed by atoms with Gasteiger partial charge in [-0.25, -0.2) is 9.18 Å². The molecule has 30 heavy (non-hydrogen) atoms. The van der Waals surface area contributed by atoms with E-state index < -0.39 is 30.2 Å². The lowest BCUT2D eigenvalue weighted by atomic mass is 9.93. The molecule has 3 aromatic carbocycles. The molecule has 1 amide bonds. The molecule has 5 nitrogen and oxygen atoms in total. The Balaban J connectivity index is 1.64. The monoisotopic (exact) mass is 407 g/mol. The number of aromatic hydroxyl groups is 1. The van der Waals surface area contributed by atoms with Crippen LogP contribution in [0.25, 0.3) is 0 Å². The van der Waals surface area contributed by atoms with Crippen LogP contribution in [-0.4, -0.2) is 28.5 Å². The van der Waals surface area contributed by atoms with Gasteiger partial charge in [0.25, 0.3) is 0 Å². The molecule has 1 heterocycles. The number of phenolic OH excluding ortho intramolecular Hbond substituents is 1. The minimum atomic E-state index is -0.924. The maximum Gasteiger partial charge on any atom is 0.415 e. The van der Waals surface area contributed by atoms with E-state index in [1.165, 1.54) is 35.2 Å². The lowest BCUT2D eigenvalue weighted by molar-refractivity contribution is 0.0146. The zero-order valence-corrected chi connectivity index (χ0v) is 16.2. The van der Waals surface area contributed by atoms with Crippen molar-refractivity contribution in [2.75, 3.05) is 4.90 Å². The van der Waals surface area contributed by atoms with Gasteiger partial charge in [0, 0.05) is 5.69 Å². The number of halogens is 1. The Morgan fingerprint density at radius 2 is 1.73 bits per heavy atom. The third-order valence-electron chi connectivity index (χ3n) is 5.29. The third-order valence-corrected chi connectivity index (χ3v) is 5.29. The average Bonchev–Trinajstić information content (AvgIpc) is 3.10. The standard InChI is InChI=1S/C24H22FNO4/c25-18-10-12-19(13-11-18)26-22(17-7-4-8-20(27)15-17)23(30-24(26)29)21(28)14-9-16-5-2-1-3-6-16/h1-8,10-13,15,21-23,27-28H,9,14H2/t21-,22-,23?/m1/s1. The number of amides is 1. The van der Waals surface area contributed by atoms with Crippen LogP contribution < -0.4 is 4.90 Å². The first-order valence-corrected chi connectivity index (χ1v) is 9.79. The summed E-state index contributed by atoms with van der Waals surface area (Å²) in [4.78, 5) is 14.1. The maximum absolute atomic E-state index is 13.4.